The van der Waals surface area contributed by atoms with Gasteiger partial charge in [-0.2, -0.15) is 0 Å². The second-order valence-corrected chi connectivity index (χ2v) is 3.70. The Morgan fingerprint density at radius 1 is 1.53 bits per heavy atom. The van der Waals surface area contributed by atoms with E-state index in [1.807, 2.05) is 4.98 Å². The molecule has 7 nitrogen and oxygen atoms in total. The van der Waals surface area contributed by atoms with Crippen molar-refractivity contribution in [2.45, 2.75) is 24.6 Å². The molecule has 4 atom stereocenters. The van der Waals surface area contributed by atoms with Crippen LogP contribution in [0.5, 0.6) is 0 Å². The number of alkyl halides is 1. The van der Waals surface area contributed by atoms with Crippen molar-refractivity contribution in [2.24, 2.45) is 0 Å². The van der Waals surface area contributed by atoms with Gasteiger partial charge in [-0.25, -0.2) is 9.18 Å². The van der Waals surface area contributed by atoms with Gasteiger partial charge in [-0.15, -0.1) is 0 Å². The Balaban J connectivity index is 2.35. The van der Waals surface area contributed by atoms with Crippen LogP contribution in [0.25, 0.3) is 0 Å². The third-order valence-electron chi connectivity index (χ3n) is 2.60. The number of nitrogens with zero attached hydrogens (tertiary/aromatic N) is 1. The van der Waals surface area contributed by atoms with Crippen LogP contribution in [0.4, 0.5) is 4.39 Å². The zero-order valence-electron chi connectivity index (χ0n) is 8.62. The Bertz CT molecular complexity index is 513. The number of aromatic nitrogens is 2. The SMILES string of the molecule is O=c1ccn([C@@H]2O[C@H](CO)[C@@H](O)[C@@H]2[18F])c(=O)[nH]1. The van der Waals surface area contributed by atoms with Crippen LogP contribution < -0.4 is 11.2 Å². The molecule has 94 valence electrons. The first-order chi connectivity index (χ1) is 8.04. The molecule has 1 saturated heterocycles. The smallest absolute Gasteiger partial charge is 0.330 e. The van der Waals surface area contributed by atoms with E-state index in [4.69, 9.17) is 9.84 Å². The fourth-order valence-electron chi connectivity index (χ4n) is 1.71. The van der Waals surface area contributed by atoms with Crippen molar-refractivity contribution in [2.75, 3.05) is 6.61 Å². The Morgan fingerprint density at radius 2 is 2.24 bits per heavy atom. The Morgan fingerprint density at radius 3 is 2.76 bits per heavy atom. The number of aliphatic hydroxyl groups is 2. The van der Waals surface area contributed by atoms with Crippen LogP contribution >= 0.6 is 0 Å². The van der Waals surface area contributed by atoms with Crippen LogP contribution in [-0.2, 0) is 4.74 Å². The van der Waals surface area contributed by atoms with Crippen LogP contribution in [0.15, 0.2) is 21.9 Å². The molecule has 8 heteroatoms. The van der Waals surface area contributed by atoms with Crippen LogP contribution in [-0.4, -0.2) is 44.8 Å². The van der Waals surface area contributed by atoms with Crippen molar-refractivity contribution < 1.29 is 19.3 Å². The van der Waals surface area contributed by atoms with Crippen LogP contribution in [0.1, 0.15) is 6.23 Å². The summed E-state index contributed by atoms with van der Waals surface area (Å²) in [6.07, 6.45) is -4.73. The summed E-state index contributed by atoms with van der Waals surface area (Å²) in [4.78, 5) is 24.2. The zero-order chi connectivity index (χ0) is 12.6. The summed E-state index contributed by atoms with van der Waals surface area (Å²) in [7, 11) is 0. The lowest BCUT2D eigenvalue weighted by Crippen LogP contribution is -2.35. The van der Waals surface area contributed by atoms with E-state index < -0.39 is 42.5 Å². The molecule has 17 heavy (non-hydrogen) atoms. The van der Waals surface area contributed by atoms with E-state index in [1.54, 1.807) is 0 Å². The third-order valence-corrected chi connectivity index (χ3v) is 2.60. The fourth-order valence-corrected chi connectivity index (χ4v) is 1.71. The summed E-state index contributed by atoms with van der Waals surface area (Å²) in [6, 6.07) is 1.04. The van der Waals surface area contributed by atoms with E-state index in [9.17, 15) is 19.1 Å². The number of ether oxygens (including phenoxy) is 1. The molecule has 2 rings (SSSR count). The molecule has 0 aliphatic carbocycles. The molecular formula is C9H11FN2O5. The van der Waals surface area contributed by atoms with Gasteiger partial charge in [0.05, 0.1) is 6.61 Å². The lowest BCUT2D eigenvalue weighted by atomic mass is 10.1. The molecule has 1 aliphatic rings. The van der Waals surface area contributed by atoms with E-state index in [0.717, 1.165) is 16.8 Å². The largest absolute Gasteiger partial charge is 0.394 e. The van der Waals surface area contributed by atoms with E-state index in [0.29, 0.717) is 0 Å². The molecule has 1 aromatic rings. The molecule has 0 radical (unpaired) electrons. The number of nitrogens with one attached hydrogen (secondary N) is 1. The maximum Gasteiger partial charge on any atom is 0.330 e. The maximum absolute atomic E-state index is 13.6. The summed E-state index contributed by atoms with van der Waals surface area (Å²) in [6.45, 7) is -0.559. The van der Waals surface area contributed by atoms with Crippen LogP contribution in [0, 0.1) is 0 Å². The molecule has 0 bridgehead atoms. The minimum atomic E-state index is -1.85. The van der Waals surface area contributed by atoms with E-state index in [-0.39, 0.29) is 0 Å². The summed E-state index contributed by atoms with van der Waals surface area (Å²) >= 11 is 0. The van der Waals surface area contributed by atoms with Crippen molar-refractivity contribution >= 4 is 0 Å². The van der Waals surface area contributed by atoms with Gasteiger partial charge in [-0.05, 0) is 0 Å². The fraction of sp³-hybridized carbons (Fsp3) is 0.556. The van der Waals surface area contributed by atoms with Gasteiger partial charge in [-0.1, -0.05) is 0 Å². The first-order valence-corrected chi connectivity index (χ1v) is 4.94. The van der Waals surface area contributed by atoms with Crippen LogP contribution in [0.3, 0.4) is 0 Å². The average Bonchev–Trinajstić information content (AvgIpc) is 2.57. The highest BCUT2D eigenvalue weighted by Gasteiger charge is 2.45. The summed E-state index contributed by atoms with van der Waals surface area (Å²) in [5.74, 6) is 0. The van der Waals surface area contributed by atoms with Gasteiger partial charge in [0.15, 0.2) is 12.4 Å². The first-order valence-electron chi connectivity index (χ1n) is 4.94. The van der Waals surface area contributed by atoms with Crippen molar-refractivity contribution in [3.05, 3.63) is 33.1 Å². The van der Waals surface area contributed by atoms with Crippen LogP contribution in [0.2, 0.25) is 0 Å². The van der Waals surface area contributed by atoms with Gasteiger partial charge in [0, 0.05) is 12.3 Å². The monoisotopic (exact) mass is 245 g/mol. The van der Waals surface area contributed by atoms with E-state index in [1.165, 1.54) is 0 Å². The van der Waals surface area contributed by atoms with Gasteiger partial charge in [0.1, 0.15) is 12.2 Å². The second-order valence-electron chi connectivity index (χ2n) is 3.70. The maximum atomic E-state index is 13.6. The van der Waals surface area contributed by atoms with Crippen molar-refractivity contribution in [1.29, 1.82) is 0 Å². The molecule has 0 amide bonds. The molecule has 0 saturated carbocycles. The summed E-state index contributed by atoms with van der Waals surface area (Å²) < 4.78 is 19.5. The highest BCUT2D eigenvalue weighted by Crippen LogP contribution is 2.30. The van der Waals surface area contributed by atoms with Gasteiger partial charge in [0.2, 0.25) is 0 Å². The predicted molar refractivity (Wildman–Crippen MR) is 53.2 cm³/mol. The van der Waals surface area contributed by atoms with Gasteiger partial charge < -0.3 is 14.9 Å². The topological polar surface area (TPSA) is 105 Å². The molecule has 0 unspecified atom stereocenters. The Hall–Kier alpha value is -1.51. The Labute approximate surface area is 94.1 Å². The molecule has 0 spiro atoms. The molecule has 0 aromatic carbocycles. The van der Waals surface area contributed by atoms with E-state index in [2.05, 4.69) is 0 Å². The number of rotatable bonds is 2. The normalized spacial score (nSPS) is 32.9. The van der Waals surface area contributed by atoms with Crippen molar-refractivity contribution in [1.82, 2.24) is 9.55 Å². The quantitative estimate of drug-likeness (QED) is 0.566. The van der Waals surface area contributed by atoms with Crippen molar-refractivity contribution in [3.8, 4) is 0 Å². The third kappa shape index (κ3) is 2.02. The molecule has 2 heterocycles. The minimum Gasteiger partial charge on any atom is -0.394 e. The average molecular weight is 245 g/mol. The molecule has 1 aliphatic heterocycles. The number of hydrogen-bond donors (Lipinski definition) is 3. The number of H-pyrrole nitrogens is 1. The number of hydrogen-bond acceptors (Lipinski definition) is 5. The van der Waals surface area contributed by atoms with E-state index >= 15 is 0 Å². The standard InChI is InChI=1S/C9H11FN2O5/c10-6-7(15)4(3-13)17-8(6)12-2-1-5(14)11-9(12)16/h1-2,4,6-8,13,15H,3H2,(H,11,14,16)/t4-,6+,7-,8-/m1/s1/i10-1. The van der Waals surface area contributed by atoms with Gasteiger partial charge in [-0.3, -0.25) is 14.3 Å². The second kappa shape index (κ2) is 4.40. The predicted octanol–water partition coefficient (Wildman–Crippen LogP) is -1.87. The Kier molecular flexibility index (Phi) is 3.09. The highest BCUT2D eigenvalue weighted by atomic mass is 18.2. The van der Waals surface area contributed by atoms with Gasteiger partial charge in [0.25, 0.3) is 5.56 Å². The van der Waals surface area contributed by atoms with Crippen molar-refractivity contribution in [3.63, 3.8) is 0 Å². The number of aromatic amines is 1. The molecule has 1 fully saturated rings. The lowest BCUT2D eigenvalue weighted by Gasteiger charge is -2.15. The number of aliphatic hydroxyl groups excluding tert-OH is 2. The van der Waals surface area contributed by atoms with Gasteiger partial charge >= 0.3 is 5.69 Å². The zero-order valence-corrected chi connectivity index (χ0v) is 8.62. The summed E-state index contributed by atoms with van der Waals surface area (Å²) in [5, 5.41) is 18.2. The lowest BCUT2D eigenvalue weighted by molar-refractivity contribution is -0.0491. The minimum absolute atomic E-state index is 0.559. The molecule has 1 aromatic heterocycles. The highest BCUT2D eigenvalue weighted by molar-refractivity contribution is 4.93. The molecule has 3 N–H and O–H groups in total. The molecular weight excluding hydrogens is 234 g/mol. The summed E-state index contributed by atoms with van der Waals surface area (Å²) in [5.41, 5.74) is -1.45. The first kappa shape index (κ1) is 12.0. The number of halogens is 1.